The topological polar surface area (TPSA) is 20.3 Å². The van der Waals surface area contributed by atoms with Crippen LogP contribution in [0.1, 0.15) is 37.3 Å². The lowest BCUT2D eigenvalue weighted by atomic mass is 9.68. The number of rotatable bonds is 7. The molecule has 2 aromatic carbocycles. The molecule has 3 heteroatoms. The molecule has 0 spiro atoms. The van der Waals surface area contributed by atoms with Crippen LogP contribution in [0.15, 0.2) is 72.1 Å². The average molecular weight is 404 g/mol. The maximum absolute atomic E-state index is 13.2. The summed E-state index contributed by atoms with van der Waals surface area (Å²) in [7, 11) is 0. The lowest BCUT2D eigenvalue weighted by molar-refractivity contribution is -0.126. The van der Waals surface area contributed by atoms with Gasteiger partial charge in [-0.1, -0.05) is 67.6 Å². The van der Waals surface area contributed by atoms with Gasteiger partial charge >= 0.3 is 0 Å². The molecule has 0 N–H and O–H groups in total. The minimum atomic E-state index is -0.330. The maximum atomic E-state index is 13.2. The number of carbonyl (C=O) groups excluding carboxylic acids is 1. The molecule has 0 unspecified atom stereocenters. The predicted molar refractivity (Wildman–Crippen MR) is 123 cm³/mol. The highest BCUT2D eigenvalue weighted by Crippen LogP contribution is 2.44. The van der Waals surface area contributed by atoms with E-state index in [1.54, 1.807) is 11.3 Å². The Morgan fingerprint density at radius 2 is 1.62 bits per heavy atom. The van der Waals surface area contributed by atoms with Gasteiger partial charge in [-0.3, -0.25) is 4.79 Å². The van der Waals surface area contributed by atoms with Gasteiger partial charge in [-0.2, -0.15) is 0 Å². The fourth-order valence-electron chi connectivity index (χ4n) is 4.63. The van der Waals surface area contributed by atoms with Crippen LogP contribution in [0, 0.1) is 0 Å². The van der Waals surface area contributed by atoms with Crippen LogP contribution in [0.2, 0.25) is 0 Å². The van der Waals surface area contributed by atoms with E-state index in [2.05, 4.69) is 77.0 Å². The summed E-state index contributed by atoms with van der Waals surface area (Å²) in [6.07, 6.45) is 3.52. The Morgan fingerprint density at radius 3 is 2.28 bits per heavy atom. The summed E-state index contributed by atoms with van der Waals surface area (Å²) in [6.45, 7) is 5.06. The van der Waals surface area contributed by atoms with E-state index in [1.807, 2.05) is 6.92 Å². The van der Waals surface area contributed by atoms with Crippen LogP contribution in [0.4, 0.5) is 0 Å². The first-order valence-corrected chi connectivity index (χ1v) is 11.5. The summed E-state index contributed by atoms with van der Waals surface area (Å²) in [5.74, 6) is 0.399. The largest absolute Gasteiger partial charge is 0.303 e. The smallest absolute Gasteiger partial charge is 0.143 e. The first-order chi connectivity index (χ1) is 14.2. The molecule has 0 saturated carbocycles. The highest BCUT2D eigenvalue weighted by molar-refractivity contribution is 7.13. The lowest BCUT2D eigenvalue weighted by Crippen LogP contribution is -2.47. The van der Waals surface area contributed by atoms with Crippen molar-refractivity contribution in [2.75, 3.05) is 19.6 Å². The van der Waals surface area contributed by atoms with Crippen molar-refractivity contribution >= 4 is 17.1 Å². The van der Waals surface area contributed by atoms with Crippen molar-refractivity contribution in [2.24, 2.45) is 0 Å². The number of ketones is 1. The second kappa shape index (κ2) is 9.06. The minimum Gasteiger partial charge on any atom is -0.303 e. The summed E-state index contributed by atoms with van der Waals surface area (Å²) < 4.78 is 0. The van der Waals surface area contributed by atoms with Crippen molar-refractivity contribution < 1.29 is 4.79 Å². The molecule has 2 nitrogen and oxygen atoms in total. The summed E-state index contributed by atoms with van der Waals surface area (Å²) in [5, 5.41) is 2.16. The number of hydrogen-bond acceptors (Lipinski definition) is 3. The van der Waals surface area contributed by atoms with Gasteiger partial charge in [0, 0.05) is 17.8 Å². The zero-order chi connectivity index (χ0) is 20.1. The van der Waals surface area contributed by atoms with Crippen molar-refractivity contribution in [1.29, 1.82) is 0 Å². The van der Waals surface area contributed by atoms with E-state index < -0.39 is 0 Å². The molecule has 1 aromatic heterocycles. The summed E-state index contributed by atoms with van der Waals surface area (Å²) in [4.78, 5) is 17.0. The Labute approximate surface area is 178 Å². The third-order valence-corrected chi connectivity index (χ3v) is 7.30. The highest BCUT2D eigenvalue weighted by Gasteiger charge is 2.43. The quantitative estimate of drug-likeness (QED) is 0.484. The van der Waals surface area contributed by atoms with Gasteiger partial charge in [0.05, 0.1) is 5.41 Å². The Bertz CT molecular complexity index is 924. The summed E-state index contributed by atoms with van der Waals surface area (Å²) in [6, 6.07) is 23.4. The van der Waals surface area contributed by atoms with Crippen LogP contribution in [0.25, 0.3) is 10.4 Å². The van der Waals surface area contributed by atoms with Crippen LogP contribution in [-0.4, -0.2) is 30.3 Å². The Kier molecular flexibility index (Phi) is 6.27. The number of benzene rings is 2. The summed E-state index contributed by atoms with van der Waals surface area (Å²) in [5.41, 5.74) is 3.54. The van der Waals surface area contributed by atoms with Crippen LogP contribution in [-0.2, 0) is 16.6 Å². The average Bonchev–Trinajstić information content (AvgIpc) is 3.29. The standard InChI is InChI=1S/C26H29NOS/c1-2-24(28)26(23-14-20-29-25(23)22-11-7-4-8-12-22)15-18-27(19-16-26)17-13-21-9-5-3-6-10-21/h3-12,14,20H,2,13,15-19H2,1H3. The third-order valence-electron chi connectivity index (χ3n) is 6.34. The predicted octanol–water partition coefficient (Wildman–Crippen LogP) is 5.97. The lowest BCUT2D eigenvalue weighted by Gasteiger charge is -2.41. The normalized spacial score (nSPS) is 16.6. The number of thiophene rings is 1. The van der Waals surface area contributed by atoms with E-state index in [-0.39, 0.29) is 5.41 Å². The first-order valence-electron chi connectivity index (χ1n) is 10.7. The third kappa shape index (κ3) is 4.22. The second-order valence-corrected chi connectivity index (χ2v) is 8.88. The number of likely N-dealkylation sites (tertiary alicyclic amines) is 1. The number of Topliss-reactive ketones (excluding diaryl/α,β-unsaturated/α-hetero) is 1. The zero-order valence-electron chi connectivity index (χ0n) is 17.1. The molecule has 1 saturated heterocycles. The molecule has 4 rings (SSSR count). The molecular weight excluding hydrogens is 374 g/mol. The van der Waals surface area contributed by atoms with Gasteiger partial charge in [-0.25, -0.2) is 0 Å². The summed E-state index contributed by atoms with van der Waals surface area (Å²) >= 11 is 1.77. The Hall–Kier alpha value is -2.23. The molecule has 3 aromatic rings. The van der Waals surface area contributed by atoms with Gasteiger partial charge in [-0.05, 0) is 60.5 Å². The molecule has 1 aliphatic rings. The monoisotopic (exact) mass is 403 g/mol. The van der Waals surface area contributed by atoms with Crippen LogP contribution in [0.5, 0.6) is 0 Å². The molecule has 0 amide bonds. The molecule has 0 bridgehead atoms. The minimum absolute atomic E-state index is 0.330. The molecule has 0 aliphatic carbocycles. The van der Waals surface area contributed by atoms with E-state index in [0.717, 1.165) is 38.9 Å². The molecule has 0 atom stereocenters. The van der Waals surface area contributed by atoms with E-state index in [1.165, 1.54) is 21.6 Å². The van der Waals surface area contributed by atoms with Crippen molar-refractivity contribution in [3.05, 3.63) is 83.2 Å². The zero-order valence-corrected chi connectivity index (χ0v) is 18.0. The molecule has 2 heterocycles. The number of nitrogens with zero attached hydrogens (tertiary/aromatic N) is 1. The Morgan fingerprint density at radius 1 is 0.966 bits per heavy atom. The number of carbonyl (C=O) groups is 1. The van der Waals surface area contributed by atoms with Crippen LogP contribution < -0.4 is 0 Å². The van der Waals surface area contributed by atoms with E-state index in [4.69, 9.17) is 0 Å². The van der Waals surface area contributed by atoms with E-state index in [9.17, 15) is 4.79 Å². The van der Waals surface area contributed by atoms with E-state index in [0.29, 0.717) is 12.2 Å². The van der Waals surface area contributed by atoms with Gasteiger partial charge in [0.25, 0.3) is 0 Å². The fraction of sp³-hybridized carbons (Fsp3) is 0.346. The van der Waals surface area contributed by atoms with Crippen LogP contribution in [0.3, 0.4) is 0 Å². The Balaban J connectivity index is 1.53. The molecule has 150 valence electrons. The van der Waals surface area contributed by atoms with Gasteiger partial charge in [-0.15, -0.1) is 11.3 Å². The van der Waals surface area contributed by atoms with Crippen molar-refractivity contribution in [3.63, 3.8) is 0 Å². The van der Waals surface area contributed by atoms with Crippen molar-refractivity contribution in [1.82, 2.24) is 4.90 Å². The highest BCUT2D eigenvalue weighted by atomic mass is 32.1. The molecular formula is C26H29NOS. The van der Waals surface area contributed by atoms with Crippen LogP contribution >= 0.6 is 11.3 Å². The van der Waals surface area contributed by atoms with Crippen molar-refractivity contribution in [2.45, 2.75) is 38.0 Å². The SMILES string of the molecule is CCC(=O)C1(c2ccsc2-c2ccccc2)CCN(CCc2ccccc2)CC1. The number of piperidine rings is 1. The maximum Gasteiger partial charge on any atom is 0.143 e. The van der Waals surface area contributed by atoms with Gasteiger partial charge < -0.3 is 4.90 Å². The fourth-order valence-corrected chi connectivity index (χ4v) is 5.63. The molecule has 29 heavy (non-hydrogen) atoms. The molecule has 1 aliphatic heterocycles. The van der Waals surface area contributed by atoms with E-state index >= 15 is 0 Å². The second-order valence-electron chi connectivity index (χ2n) is 7.97. The molecule has 1 fully saturated rings. The van der Waals surface area contributed by atoms with Crippen molar-refractivity contribution in [3.8, 4) is 10.4 Å². The van der Waals surface area contributed by atoms with Gasteiger partial charge in [0.15, 0.2) is 0 Å². The number of hydrogen-bond donors (Lipinski definition) is 0. The first kappa shape index (κ1) is 20.1. The molecule has 0 radical (unpaired) electrons. The van der Waals surface area contributed by atoms with Gasteiger partial charge in [0.2, 0.25) is 0 Å². The van der Waals surface area contributed by atoms with Gasteiger partial charge in [0.1, 0.15) is 5.78 Å².